The van der Waals surface area contributed by atoms with Crippen LogP contribution in [0.25, 0.3) is 0 Å². The number of nitrogens with zero attached hydrogens (tertiary/aromatic N) is 2. The van der Waals surface area contributed by atoms with Crippen LogP contribution in [0.4, 0.5) is 11.4 Å². The fourth-order valence-corrected chi connectivity index (χ4v) is 1.76. The molecule has 0 saturated heterocycles. The third-order valence-corrected chi connectivity index (χ3v) is 2.68. The average Bonchev–Trinajstić information content (AvgIpc) is 2.38. The minimum Gasteiger partial charge on any atom is -0.373 e. The summed E-state index contributed by atoms with van der Waals surface area (Å²) in [4.78, 5) is 14.5. The van der Waals surface area contributed by atoms with Gasteiger partial charge in [-0.15, -0.1) is 0 Å². The van der Waals surface area contributed by atoms with Gasteiger partial charge in [-0.05, 0) is 18.2 Å². The summed E-state index contributed by atoms with van der Waals surface area (Å²) in [6, 6.07) is 10.1. The molecular formula is C12H10ClN3O2. The molecule has 6 heteroatoms. The van der Waals surface area contributed by atoms with Gasteiger partial charge in [-0.1, -0.05) is 23.7 Å². The summed E-state index contributed by atoms with van der Waals surface area (Å²) in [6.45, 7) is 0.380. The van der Waals surface area contributed by atoms with Crippen LogP contribution in [0.1, 0.15) is 5.69 Å². The smallest absolute Gasteiger partial charge is 0.293 e. The monoisotopic (exact) mass is 263 g/mol. The number of pyridine rings is 1. The Morgan fingerprint density at radius 1 is 1.28 bits per heavy atom. The molecule has 92 valence electrons. The molecular weight excluding hydrogens is 254 g/mol. The Hall–Kier alpha value is -2.14. The summed E-state index contributed by atoms with van der Waals surface area (Å²) >= 11 is 5.95. The topological polar surface area (TPSA) is 68.1 Å². The van der Waals surface area contributed by atoms with Gasteiger partial charge in [0.15, 0.2) is 0 Å². The van der Waals surface area contributed by atoms with Crippen molar-refractivity contribution in [3.63, 3.8) is 0 Å². The molecule has 1 N–H and O–H groups in total. The molecule has 0 saturated carbocycles. The van der Waals surface area contributed by atoms with E-state index < -0.39 is 4.92 Å². The van der Waals surface area contributed by atoms with E-state index in [0.29, 0.717) is 17.3 Å². The molecule has 1 aromatic heterocycles. The van der Waals surface area contributed by atoms with Gasteiger partial charge in [0.25, 0.3) is 5.69 Å². The van der Waals surface area contributed by atoms with Crippen molar-refractivity contribution in [1.29, 1.82) is 0 Å². The molecule has 0 amide bonds. The number of benzene rings is 1. The van der Waals surface area contributed by atoms with Gasteiger partial charge in [0, 0.05) is 12.3 Å². The van der Waals surface area contributed by atoms with Gasteiger partial charge < -0.3 is 5.32 Å². The first-order valence-electron chi connectivity index (χ1n) is 5.25. The van der Waals surface area contributed by atoms with Gasteiger partial charge in [0.1, 0.15) is 5.69 Å². The second kappa shape index (κ2) is 5.46. The highest BCUT2D eigenvalue weighted by Crippen LogP contribution is 2.31. The largest absolute Gasteiger partial charge is 0.373 e. The van der Waals surface area contributed by atoms with Crippen molar-refractivity contribution >= 4 is 23.0 Å². The Labute approximate surface area is 109 Å². The van der Waals surface area contributed by atoms with E-state index in [1.165, 1.54) is 6.07 Å². The fraction of sp³-hybridized carbons (Fsp3) is 0.0833. The van der Waals surface area contributed by atoms with Crippen LogP contribution in [0.3, 0.4) is 0 Å². The van der Waals surface area contributed by atoms with Crippen LogP contribution >= 0.6 is 11.6 Å². The molecule has 2 rings (SSSR count). The van der Waals surface area contributed by atoms with E-state index in [1.54, 1.807) is 24.4 Å². The lowest BCUT2D eigenvalue weighted by molar-refractivity contribution is -0.383. The van der Waals surface area contributed by atoms with Crippen LogP contribution in [0, 0.1) is 10.1 Å². The van der Waals surface area contributed by atoms with E-state index in [9.17, 15) is 10.1 Å². The zero-order chi connectivity index (χ0) is 13.0. The van der Waals surface area contributed by atoms with Crippen molar-refractivity contribution in [3.8, 4) is 0 Å². The van der Waals surface area contributed by atoms with Crippen molar-refractivity contribution in [1.82, 2.24) is 4.98 Å². The van der Waals surface area contributed by atoms with Crippen molar-refractivity contribution < 1.29 is 4.92 Å². The highest BCUT2D eigenvalue weighted by molar-refractivity contribution is 6.33. The molecule has 0 bridgehead atoms. The van der Waals surface area contributed by atoms with Gasteiger partial charge in [0.05, 0.1) is 22.2 Å². The van der Waals surface area contributed by atoms with Gasteiger partial charge >= 0.3 is 0 Å². The number of hydrogen-bond donors (Lipinski definition) is 1. The minimum absolute atomic E-state index is 0.0431. The van der Waals surface area contributed by atoms with Gasteiger partial charge in [-0.25, -0.2) is 0 Å². The van der Waals surface area contributed by atoms with Crippen LogP contribution in [0.2, 0.25) is 5.02 Å². The summed E-state index contributed by atoms with van der Waals surface area (Å²) in [7, 11) is 0. The first-order valence-corrected chi connectivity index (χ1v) is 5.63. The second-order valence-corrected chi connectivity index (χ2v) is 3.97. The maximum absolute atomic E-state index is 10.9. The van der Waals surface area contributed by atoms with Gasteiger partial charge in [-0.3, -0.25) is 15.1 Å². The number of nitro benzene ring substituents is 1. The molecule has 0 spiro atoms. The average molecular weight is 264 g/mol. The van der Waals surface area contributed by atoms with Gasteiger partial charge in [-0.2, -0.15) is 0 Å². The molecule has 0 atom stereocenters. The number of nitro groups is 1. The summed E-state index contributed by atoms with van der Waals surface area (Å²) in [6.07, 6.45) is 1.66. The number of rotatable bonds is 4. The first-order chi connectivity index (χ1) is 8.68. The molecule has 0 aliphatic carbocycles. The van der Waals surface area contributed by atoms with E-state index in [1.807, 2.05) is 12.1 Å². The van der Waals surface area contributed by atoms with E-state index in [-0.39, 0.29) is 5.69 Å². The number of aromatic nitrogens is 1. The molecule has 0 radical (unpaired) electrons. The normalized spacial score (nSPS) is 10.1. The van der Waals surface area contributed by atoms with E-state index >= 15 is 0 Å². The first kappa shape index (κ1) is 12.3. The van der Waals surface area contributed by atoms with Crippen LogP contribution in [0.5, 0.6) is 0 Å². The third-order valence-electron chi connectivity index (χ3n) is 2.36. The van der Waals surface area contributed by atoms with Crippen LogP contribution < -0.4 is 5.32 Å². The van der Waals surface area contributed by atoms with Crippen molar-refractivity contribution in [2.75, 3.05) is 5.32 Å². The lowest BCUT2D eigenvalue weighted by atomic mass is 10.2. The number of para-hydroxylation sites is 1. The second-order valence-electron chi connectivity index (χ2n) is 3.57. The Morgan fingerprint density at radius 2 is 2.11 bits per heavy atom. The van der Waals surface area contributed by atoms with Crippen molar-refractivity contribution in [3.05, 3.63) is 63.4 Å². The Balaban J connectivity index is 2.21. The molecule has 0 fully saturated rings. The SMILES string of the molecule is O=[N+]([O-])c1cccc(Cl)c1NCc1ccccn1. The number of halogens is 1. The molecule has 1 aromatic carbocycles. The standard InChI is InChI=1S/C12H10ClN3O2/c13-10-5-3-6-11(16(17)18)12(10)15-8-9-4-1-2-7-14-9/h1-7,15H,8H2. The summed E-state index contributed by atoms with van der Waals surface area (Å²) < 4.78 is 0. The molecule has 0 aliphatic rings. The minimum atomic E-state index is -0.466. The van der Waals surface area contributed by atoms with Crippen molar-refractivity contribution in [2.45, 2.75) is 6.54 Å². The predicted molar refractivity (Wildman–Crippen MR) is 69.7 cm³/mol. The van der Waals surface area contributed by atoms with Crippen molar-refractivity contribution in [2.24, 2.45) is 0 Å². The summed E-state index contributed by atoms with van der Waals surface area (Å²) in [5, 5.41) is 14.1. The van der Waals surface area contributed by atoms with Crippen LogP contribution in [0.15, 0.2) is 42.6 Å². The maximum Gasteiger partial charge on any atom is 0.293 e. The highest BCUT2D eigenvalue weighted by atomic mass is 35.5. The zero-order valence-corrected chi connectivity index (χ0v) is 10.1. The van der Waals surface area contributed by atoms with Crippen LogP contribution in [-0.4, -0.2) is 9.91 Å². The van der Waals surface area contributed by atoms with Crippen LogP contribution in [-0.2, 0) is 6.54 Å². The maximum atomic E-state index is 10.9. The number of anilines is 1. The van der Waals surface area contributed by atoms with E-state index in [2.05, 4.69) is 10.3 Å². The quantitative estimate of drug-likeness (QED) is 0.679. The molecule has 0 unspecified atom stereocenters. The fourth-order valence-electron chi connectivity index (χ4n) is 1.52. The van der Waals surface area contributed by atoms with E-state index in [0.717, 1.165) is 5.69 Å². The molecule has 1 heterocycles. The number of hydrogen-bond acceptors (Lipinski definition) is 4. The summed E-state index contributed by atoms with van der Waals surface area (Å²) in [5.41, 5.74) is 1.06. The lowest BCUT2D eigenvalue weighted by Crippen LogP contribution is -2.04. The molecule has 2 aromatic rings. The molecule has 18 heavy (non-hydrogen) atoms. The lowest BCUT2D eigenvalue weighted by Gasteiger charge is -2.08. The van der Waals surface area contributed by atoms with Gasteiger partial charge in [0.2, 0.25) is 0 Å². The number of nitrogens with one attached hydrogen (secondary N) is 1. The predicted octanol–water partition coefficient (Wildman–Crippen LogP) is 3.26. The third kappa shape index (κ3) is 2.75. The van der Waals surface area contributed by atoms with E-state index in [4.69, 9.17) is 11.6 Å². The Kier molecular flexibility index (Phi) is 3.74. The highest BCUT2D eigenvalue weighted by Gasteiger charge is 2.16. The Bertz CT molecular complexity index is 561. The zero-order valence-electron chi connectivity index (χ0n) is 9.34. The molecule has 0 aliphatic heterocycles. The Morgan fingerprint density at radius 3 is 2.78 bits per heavy atom. The molecule has 5 nitrogen and oxygen atoms in total. The summed E-state index contributed by atoms with van der Waals surface area (Å²) in [5.74, 6) is 0.